The summed E-state index contributed by atoms with van der Waals surface area (Å²) in [5.41, 5.74) is 17.7. The van der Waals surface area contributed by atoms with E-state index in [2.05, 4.69) is 149 Å². The van der Waals surface area contributed by atoms with Gasteiger partial charge in [-0.1, -0.05) is 0 Å². The van der Waals surface area contributed by atoms with Gasteiger partial charge < -0.3 is 0 Å². The molecule has 0 N–H and O–H groups in total. The molecular weight excluding hydrogens is 584 g/mol. The average Bonchev–Trinajstić information content (AvgIpc) is 3.54. The van der Waals surface area contributed by atoms with Gasteiger partial charge in [0.15, 0.2) is 0 Å². The van der Waals surface area contributed by atoms with Crippen molar-refractivity contribution >= 4 is 8.78 Å². The van der Waals surface area contributed by atoms with Gasteiger partial charge in [0.05, 0.1) is 0 Å². The number of fused-ring (bicyclic) bond motifs is 4. The minimum absolute atomic E-state index is 0.436. The Balaban J connectivity index is 1.64. The van der Waals surface area contributed by atoms with Crippen molar-refractivity contribution < 1.29 is 21.3 Å². The van der Waals surface area contributed by atoms with Crippen molar-refractivity contribution in [2.75, 3.05) is 0 Å². The molecular formula is C41H38Zr. The fourth-order valence-electron chi connectivity index (χ4n) is 7.43. The molecule has 0 saturated carbocycles. The summed E-state index contributed by atoms with van der Waals surface area (Å²) in [6.07, 6.45) is 4.80. The van der Waals surface area contributed by atoms with Gasteiger partial charge in [0, 0.05) is 0 Å². The molecule has 42 heavy (non-hydrogen) atoms. The van der Waals surface area contributed by atoms with E-state index in [-0.39, 0.29) is 0 Å². The van der Waals surface area contributed by atoms with E-state index in [0.717, 1.165) is 12.8 Å². The molecule has 2 aliphatic rings. The van der Waals surface area contributed by atoms with Gasteiger partial charge in [-0.05, 0) is 0 Å². The third-order valence-corrected chi connectivity index (χ3v) is 18.2. The van der Waals surface area contributed by atoms with E-state index in [0.29, 0.717) is 7.25 Å². The van der Waals surface area contributed by atoms with E-state index >= 15 is 0 Å². The maximum absolute atomic E-state index is 2.79. The molecule has 0 aromatic heterocycles. The van der Waals surface area contributed by atoms with Crippen LogP contribution in [-0.2, 0) is 34.1 Å². The van der Waals surface area contributed by atoms with Gasteiger partial charge in [-0.15, -0.1) is 0 Å². The number of hydrogen-bond donors (Lipinski definition) is 0. The van der Waals surface area contributed by atoms with Gasteiger partial charge in [0.2, 0.25) is 0 Å². The van der Waals surface area contributed by atoms with E-state index in [1.165, 1.54) is 50.1 Å². The van der Waals surface area contributed by atoms with Gasteiger partial charge >= 0.3 is 260 Å². The minimum atomic E-state index is -2.79. The predicted molar refractivity (Wildman–Crippen MR) is 176 cm³/mol. The zero-order valence-electron chi connectivity index (χ0n) is 25.1. The van der Waals surface area contributed by atoms with Crippen molar-refractivity contribution in [3.05, 3.63) is 171 Å². The monoisotopic (exact) mass is 620 g/mol. The molecule has 7 rings (SSSR count). The summed E-state index contributed by atoms with van der Waals surface area (Å²) in [4.78, 5) is 0. The first-order chi connectivity index (χ1) is 20.6. The van der Waals surface area contributed by atoms with Crippen LogP contribution in [-0.4, -0.2) is 3.21 Å². The second-order valence-electron chi connectivity index (χ2n) is 11.9. The SMILES string of the molecule is CCc1ccc2c(c1)[CH]([Zr](=[C](c1ccccc1)c1ccccc1)[CH]1C=C(C)c3cccc(C)c31)c1cc(CC)ccc1-2. The van der Waals surface area contributed by atoms with Crippen molar-refractivity contribution in [2.24, 2.45) is 0 Å². The molecule has 0 aliphatic heterocycles. The Bertz CT molecular complexity index is 1760. The fourth-order valence-corrected chi connectivity index (χ4v) is 17.8. The Morgan fingerprint density at radius 1 is 0.595 bits per heavy atom. The molecule has 206 valence electrons. The van der Waals surface area contributed by atoms with Gasteiger partial charge in [0.25, 0.3) is 0 Å². The molecule has 0 spiro atoms. The fraction of sp³-hybridized carbons (Fsp3) is 0.195. The van der Waals surface area contributed by atoms with Crippen LogP contribution in [0.3, 0.4) is 0 Å². The van der Waals surface area contributed by atoms with Crippen LogP contribution in [0.2, 0.25) is 0 Å². The van der Waals surface area contributed by atoms with Crippen molar-refractivity contribution in [2.45, 2.75) is 47.8 Å². The van der Waals surface area contributed by atoms with Crippen molar-refractivity contribution in [3.8, 4) is 11.1 Å². The molecule has 2 aliphatic carbocycles. The van der Waals surface area contributed by atoms with E-state index in [9.17, 15) is 0 Å². The Labute approximate surface area is 258 Å². The molecule has 0 radical (unpaired) electrons. The maximum atomic E-state index is 2.67. The Morgan fingerprint density at radius 3 is 1.67 bits per heavy atom. The van der Waals surface area contributed by atoms with Crippen molar-refractivity contribution in [1.82, 2.24) is 0 Å². The number of benzene rings is 5. The molecule has 0 bridgehead atoms. The van der Waals surface area contributed by atoms with Crippen LogP contribution in [0.4, 0.5) is 0 Å². The second kappa shape index (κ2) is 11.4. The first-order valence-corrected chi connectivity index (χ1v) is 19.5. The number of rotatable bonds is 6. The van der Waals surface area contributed by atoms with Crippen LogP contribution in [0.1, 0.15) is 78.1 Å². The molecule has 1 unspecified atom stereocenters. The van der Waals surface area contributed by atoms with Crippen molar-refractivity contribution in [1.29, 1.82) is 0 Å². The van der Waals surface area contributed by atoms with Gasteiger partial charge in [0.1, 0.15) is 0 Å². The molecule has 1 heteroatoms. The summed E-state index contributed by atoms with van der Waals surface area (Å²) < 4.78 is 2.53. The normalized spacial score (nSPS) is 15.1. The number of hydrogen-bond acceptors (Lipinski definition) is 0. The number of allylic oxidation sites excluding steroid dienone is 2. The van der Waals surface area contributed by atoms with E-state index in [1.54, 1.807) is 19.9 Å². The Morgan fingerprint density at radius 2 is 1.14 bits per heavy atom. The molecule has 0 nitrogen and oxygen atoms in total. The van der Waals surface area contributed by atoms with Crippen molar-refractivity contribution in [3.63, 3.8) is 0 Å². The summed E-state index contributed by atoms with van der Waals surface area (Å²) >= 11 is -2.79. The topological polar surface area (TPSA) is 0 Å². The van der Waals surface area contributed by atoms with Crippen LogP contribution in [0.25, 0.3) is 16.7 Å². The van der Waals surface area contributed by atoms with Crippen LogP contribution in [0.15, 0.2) is 121 Å². The first-order valence-electron chi connectivity index (χ1n) is 15.5. The van der Waals surface area contributed by atoms with E-state index in [4.69, 9.17) is 0 Å². The van der Waals surface area contributed by atoms with Crippen LogP contribution >= 0.6 is 0 Å². The summed E-state index contributed by atoms with van der Waals surface area (Å²) in [5, 5.41) is 0. The third-order valence-electron chi connectivity index (χ3n) is 9.50. The molecule has 0 fully saturated rings. The van der Waals surface area contributed by atoms with E-state index in [1.807, 2.05) is 0 Å². The number of aryl methyl sites for hydroxylation is 3. The van der Waals surface area contributed by atoms with Crippen LogP contribution < -0.4 is 0 Å². The summed E-state index contributed by atoms with van der Waals surface area (Å²) in [7, 11) is 0. The second-order valence-corrected chi connectivity index (χ2v) is 18.3. The zero-order chi connectivity index (χ0) is 28.8. The molecule has 0 heterocycles. The predicted octanol–water partition coefficient (Wildman–Crippen LogP) is 10.2. The standard InChI is InChI=1S/C17H17.C13H10.C11H11.Zr/c1-3-12-5-7-16-14(9-12)11-15-10-13(4-2)6-8-17(15)16;1-3-7-12(8-4-1)11-13-9-5-2-6-10-13;1-8-4-3-5-10-9(2)6-7-11(8)10;/h5-11H,3-4H2,1-2H3;1-10H;3-7H,1-2H3;. The third kappa shape index (κ3) is 4.58. The molecule has 0 amide bonds. The quantitative estimate of drug-likeness (QED) is 0.177. The van der Waals surface area contributed by atoms with Gasteiger partial charge in [-0.2, -0.15) is 0 Å². The van der Waals surface area contributed by atoms with Crippen LogP contribution in [0.5, 0.6) is 0 Å². The van der Waals surface area contributed by atoms with Gasteiger partial charge in [-0.25, -0.2) is 0 Å². The Kier molecular flexibility index (Phi) is 7.41. The molecule has 0 saturated heterocycles. The summed E-state index contributed by atoms with van der Waals surface area (Å²) in [6, 6.07) is 44.4. The molecule has 1 atom stereocenters. The molecule has 5 aromatic rings. The average molecular weight is 622 g/mol. The summed E-state index contributed by atoms with van der Waals surface area (Å²) in [6.45, 7) is 9.26. The zero-order valence-corrected chi connectivity index (χ0v) is 27.6. The van der Waals surface area contributed by atoms with E-state index < -0.39 is 21.3 Å². The summed E-state index contributed by atoms with van der Waals surface area (Å²) in [5.74, 6) is 0. The van der Waals surface area contributed by atoms with Crippen LogP contribution in [0, 0.1) is 6.92 Å². The Hall–Kier alpha value is -3.41. The first kappa shape index (κ1) is 27.4. The van der Waals surface area contributed by atoms with Gasteiger partial charge in [-0.3, -0.25) is 0 Å². The molecule has 5 aromatic carbocycles.